The van der Waals surface area contributed by atoms with Crippen LogP contribution in [0.3, 0.4) is 0 Å². The molecule has 1 N–H and O–H groups in total. The van der Waals surface area contributed by atoms with Gasteiger partial charge in [-0.05, 0) is 23.3 Å². The first-order valence-electron chi connectivity index (χ1n) is 6.59. The summed E-state index contributed by atoms with van der Waals surface area (Å²) in [4.78, 5) is 22.7. The highest BCUT2D eigenvalue weighted by Gasteiger charge is 2.16. The predicted molar refractivity (Wildman–Crippen MR) is 77.6 cm³/mol. The summed E-state index contributed by atoms with van der Waals surface area (Å²) in [5, 5.41) is 8.81. The lowest BCUT2D eigenvalue weighted by Gasteiger charge is -2.06. The normalized spacial score (nSPS) is 11.9. The van der Waals surface area contributed by atoms with Crippen molar-refractivity contribution in [3.8, 4) is 11.1 Å². The van der Waals surface area contributed by atoms with E-state index in [4.69, 9.17) is 5.11 Å². The van der Waals surface area contributed by atoms with Crippen LogP contribution in [0.2, 0.25) is 0 Å². The van der Waals surface area contributed by atoms with E-state index in [1.807, 2.05) is 0 Å². The predicted octanol–water partition coefficient (Wildman–Crippen LogP) is 3.79. The van der Waals surface area contributed by atoms with Gasteiger partial charge in [0.1, 0.15) is 5.82 Å². The van der Waals surface area contributed by atoms with Crippen molar-refractivity contribution in [3.05, 3.63) is 59.9 Å². The zero-order valence-electron chi connectivity index (χ0n) is 11.5. The molecule has 0 aliphatic heterocycles. The molecule has 0 heterocycles. The Morgan fingerprint density at radius 2 is 1.48 bits per heavy atom. The summed E-state index contributed by atoms with van der Waals surface area (Å²) in [5.74, 6) is -2.18. The first-order valence-corrected chi connectivity index (χ1v) is 6.59. The van der Waals surface area contributed by atoms with Gasteiger partial charge in [-0.15, -0.1) is 0 Å². The fourth-order valence-electron chi connectivity index (χ4n) is 1.97. The average Bonchev–Trinajstić information content (AvgIpc) is 2.48. The van der Waals surface area contributed by atoms with Crippen LogP contribution in [0, 0.1) is 11.7 Å². The number of carboxylic acids is 1. The molecule has 0 saturated heterocycles. The van der Waals surface area contributed by atoms with Crippen LogP contribution in [-0.4, -0.2) is 16.9 Å². The molecule has 0 saturated carbocycles. The van der Waals surface area contributed by atoms with Crippen molar-refractivity contribution in [2.24, 2.45) is 5.92 Å². The molecule has 21 heavy (non-hydrogen) atoms. The van der Waals surface area contributed by atoms with Gasteiger partial charge in [0, 0.05) is 12.0 Å². The fraction of sp³-hybridized carbons (Fsp3) is 0.176. The maximum absolute atomic E-state index is 12.9. The molecule has 0 bridgehead atoms. The van der Waals surface area contributed by atoms with Crippen LogP contribution in [0.25, 0.3) is 11.1 Å². The molecule has 2 rings (SSSR count). The van der Waals surface area contributed by atoms with Crippen molar-refractivity contribution < 1.29 is 19.1 Å². The van der Waals surface area contributed by atoms with E-state index in [2.05, 4.69) is 0 Å². The summed E-state index contributed by atoms with van der Waals surface area (Å²) in [6, 6.07) is 13.0. The molecule has 2 aromatic rings. The zero-order valence-corrected chi connectivity index (χ0v) is 11.5. The van der Waals surface area contributed by atoms with E-state index in [0.717, 1.165) is 11.1 Å². The lowest BCUT2D eigenvalue weighted by Crippen LogP contribution is -2.14. The largest absolute Gasteiger partial charge is 0.481 e. The SMILES string of the molecule is C[C@@H](CC(=O)c1ccc(-c2ccc(F)cc2)cc1)C(=O)O. The molecular weight excluding hydrogens is 271 g/mol. The quantitative estimate of drug-likeness (QED) is 0.851. The van der Waals surface area contributed by atoms with Crippen LogP contribution >= 0.6 is 0 Å². The summed E-state index contributed by atoms with van der Waals surface area (Å²) in [6.07, 6.45) is -0.0226. The standard InChI is InChI=1S/C17H15FO3/c1-11(17(20)21)10-16(19)14-4-2-12(3-5-14)13-6-8-15(18)9-7-13/h2-9,11H,10H2,1H3,(H,20,21)/t11-/m0/s1. The Hall–Kier alpha value is -2.49. The maximum Gasteiger partial charge on any atom is 0.306 e. The molecule has 2 aromatic carbocycles. The van der Waals surface area contributed by atoms with E-state index in [-0.39, 0.29) is 18.0 Å². The van der Waals surface area contributed by atoms with Crippen molar-refractivity contribution in [2.75, 3.05) is 0 Å². The Morgan fingerprint density at radius 3 is 1.95 bits per heavy atom. The van der Waals surface area contributed by atoms with Crippen LogP contribution in [-0.2, 0) is 4.79 Å². The molecule has 108 valence electrons. The highest BCUT2D eigenvalue weighted by atomic mass is 19.1. The van der Waals surface area contributed by atoms with Gasteiger partial charge >= 0.3 is 5.97 Å². The van der Waals surface area contributed by atoms with Gasteiger partial charge in [0.2, 0.25) is 0 Å². The number of halogens is 1. The Kier molecular flexibility index (Phi) is 4.48. The minimum Gasteiger partial charge on any atom is -0.481 e. The topological polar surface area (TPSA) is 54.4 Å². The lowest BCUT2D eigenvalue weighted by atomic mass is 9.97. The van der Waals surface area contributed by atoms with E-state index in [0.29, 0.717) is 5.56 Å². The van der Waals surface area contributed by atoms with Gasteiger partial charge in [0.25, 0.3) is 0 Å². The Balaban J connectivity index is 2.13. The summed E-state index contributed by atoms with van der Waals surface area (Å²) in [7, 11) is 0. The average molecular weight is 286 g/mol. The minimum atomic E-state index is -0.980. The third-order valence-electron chi connectivity index (χ3n) is 3.30. The molecule has 4 heteroatoms. The molecule has 0 amide bonds. The molecule has 0 fully saturated rings. The van der Waals surface area contributed by atoms with Crippen molar-refractivity contribution in [2.45, 2.75) is 13.3 Å². The number of Topliss-reactive ketones (excluding diaryl/α,β-unsaturated/α-hetero) is 1. The second-order valence-electron chi connectivity index (χ2n) is 4.95. The van der Waals surface area contributed by atoms with Crippen LogP contribution in [0.4, 0.5) is 4.39 Å². The lowest BCUT2D eigenvalue weighted by molar-refractivity contribution is -0.141. The number of hydrogen-bond acceptors (Lipinski definition) is 2. The van der Waals surface area contributed by atoms with Gasteiger partial charge in [-0.25, -0.2) is 4.39 Å². The third kappa shape index (κ3) is 3.75. The number of carbonyl (C=O) groups excluding carboxylic acids is 1. The van der Waals surface area contributed by atoms with Gasteiger partial charge in [0.05, 0.1) is 5.92 Å². The monoisotopic (exact) mass is 286 g/mol. The van der Waals surface area contributed by atoms with Crippen LogP contribution in [0.5, 0.6) is 0 Å². The molecule has 0 aliphatic rings. The molecule has 0 aromatic heterocycles. The first kappa shape index (κ1) is 14.9. The van der Waals surface area contributed by atoms with E-state index in [9.17, 15) is 14.0 Å². The van der Waals surface area contributed by atoms with E-state index in [1.54, 1.807) is 36.4 Å². The first-order chi connectivity index (χ1) is 9.97. The second-order valence-corrected chi connectivity index (χ2v) is 4.95. The van der Waals surface area contributed by atoms with Crippen molar-refractivity contribution in [3.63, 3.8) is 0 Å². The highest BCUT2D eigenvalue weighted by Crippen LogP contribution is 2.21. The van der Waals surface area contributed by atoms with Gasteiger partial charge in [-0.1, -0.05) is 43.3 Å². The number of carboxylic acid groups (broad SMARTS) is 1. The highest BCUT2D eigenvalue weighted by molar-refractivity contribution is 5.98. The smallest absolute Gasteiger partial charge is 0.306 e. The molecule has 3 nitrogen and oxygen atoms in total. The van der Waals surface area contributed by atoms with E-state index in [1.165, 1.54) is 19.1 Å². The Morgan fingerprint density at radius 1 is 1.00 bits per heavy atom. The van der Waals surface area contributed by atoms with Crippen LogP contribution in [0.15, 0.2) is 48.5 Å². The second kappa shape index (κ2) is 6.31. The maximum atomic E-state index is 12.9. The van der Waals surface area contributed by atoms with Crippen LogP contribution in [0.1, 0.15) is 23.7 Å². The van der Waals surface area contributed by atoms with Crippen molar-refractivity contribution in [1.82, 2.24) is 0 Å². The molecule has 0 aliphatic carbocycles. The summed E-state index contributed by atoms with van der Waals surface area (Å²) < 4.78 is 12.9. The van der Waals surface area contributed by atoms with Gasteiger partial charge < -0.3 is 5.11 Å². The van der Waals surface area contributed by atoms with E-state index < -0.39 is 11.9 Å². The molecule has 0 unspecified atom stereocenters. The molecule has 0 spiro atoms. The summed E-state index contributed by atoms with van der Waals surface area (Å²) in [6.45, 7) is 1.51. The number of ketones is 1. The number of rotatable bonds is 5. The van der Waals surface area contributed by atoms with Gasteiger partial charge in [0.15, 0.2) is 5.78 Å². The summed E-state index contributed by atoms with van der Waals surface area (Å²) in [5.41, 5.74) is 2.21. The number of hydrogen-bond donors (Lipinski definition) is 1. The molecule has 1 atom stereocenters. The minimum absolute atomic E-state index is 0.0226. The van der Waals surface area contributed by atoms with Gasteiger partial charge in [-0.2, -0.15) is 0 Å². The molecule has 0 radical (unpaired) electrons. The fourth-order valence-corrected chi connectivity index (χ4v) is 1.97. The molecular formula is C17H15FO3. The van der Waals surface area contributed by atoms with E-state index >= 15 is 0 Å². The van der Waals surface area contributed by atoms with Gasteiger partial charge in [-0.3, -0.25) is 9.59 Å². The Bertz CT molecular complexity index is 645. The van der Waals surface area contributed by atoms with Crippen LogP contribution < -0.4 is 0 Å². The summed E-state index contributed by atoms with van der Waals surface area (Å²) >= 11 is 0. The Labute approximate surface area is 122 Å². The number of aliphatic carboxylic acids is 1. The number of carbonyl (C=O) groups is 2. The van der Waals surface area contributed by atoms with Crippen molar-refractivity contribution >= 4 is 11.8 Å². The van der Waals surface area contributed by atoms with Crippen molar-refractivity contribution in [1.29, 1.82) is 0 Å². The third-order valence-corrected chi connectivity index (χ3v) is 3.30. The number of benzene rings is 2. The zero-order chi connectivity index (χ0) is 15.4.